The van der Waals surface area contributed by atoms with Crippen LogP contribution in [0.25, 0.3) is 16.1 Å². The van der Waals surface area contributed by atoms with Gasteiger partial charge in [-0.3, -0.25) is 9.78 Å². The number of nitrogens with zero attached hydrogens (tertiary/aromatic N) is 5. The van der Waals surface area contributed by atoms with Crippen molar-refractivity contribution in [1.82, 2.24) is 19.6 Å². The van der Waals surface area contributed by atoms with Crippen molar-refractivity contribution in [2.75, 3.05) is 18.6 Å². The number of pyridine rings is 1. The maximum atomic E-state index is 13.1. The molecular weight excluding hydrogens is 448 g/mol. The molecule has 5 rings (SSSR count). The summed E-state index contributed by atoms with van der Waals surface area (Å²) in [5, 5.41) is 6.50. The Labute approximate surface area is 192 Å². The lowest BCUT2D eigenvalue weighted by Crippen LogP contribution is -2.34. The molecule has 0 aliphatic carbocycles. The van der Waals surface area contributed by atoms with E-state index in [1.165, 1.54) is 0 Å². The van der Waals surface area contributed by atoms with Crippen LogP contribution in [-0.4, -0.2) is 33.2 Å². The number of fused-ring (bicyclic) bond motifs is 2. The molecule has 0 saturated heterocycles. The predicted molar refractivity (Wildman–Crippen MR) is 123 cm³/mol. The first kappa shape index (κ1) is 21.4. The zero-order valence-electron chi connectivity index (χ0n) is 18.3. The first-order chi connectivity index (χ1) is 15.9. The van der Waals surface area contributed by atoms with Crippen molar-refractivity contribution < 1.29 is 13.5 Å². The van der Waals surface area contributed by atoms with Crippen LogP contribution in [0.5, 0.6) is 5.75 Å². The van der Waals surface area contributed by atoms with E-state index in [4.69, 9.17) is 4.74 Å². The molecule has 0 amide bonds. The van der Waals surface area contributed by atoms with Crippen LogP contribution in [-0.2, 0) is 13.0 Å². The largest absolute Gasteiger partial charge is 0.495 e. The normalized spacial score (nSPS) is 13.6. The number of hydrogen-bond donors (Lipinski definition) is 0. The number of anilines is 1. The zero-order chi connectivity index (χ0) is 23.3. The summed E-state index contributed by atoms with van der Waals surface area (Å²) in [6.45, 7) is 4.90. The third kappa shape index (κ3) is 3.64. The van der Waals surface area contributed by atoms with Gasteiger partial charge < -0.3 is 9.64 Å². The van der Waals surface area contributed by atoms with E-state index < -0.39 is 17.7 Å². The molecule has 33 heavy (non-hydrogen) atoms. The van der Waals surface area contributed by atoms with Crippen molar-refractivity contribution in [3.63, 3.8) is 0 Å². The van der Waals surface area contributed by atoms with Crippen LogP contribution in [0.1, 0.15) is 34.5 Å². The highest BCUT2D eigenvalue weighted by Crippen LogP contribution is 2.37. The van der Waals surface area contributed by atoms with Crippen LogP contribution >= 0.6 is 11.3 Å². The highest BCUT2D eigenvalue weighted by molar-refractivity contribution is 7.14. The van der Waals surface area contributed by atoms with Crippen molar-refractivity contribution >= 4 is 22.8 Å². The minimum Gasteiger partial charge on any atom is -0.495 e. The second-order valence-electron chi connectivity index (χ2n) is 7.95. The van der Waals surface area contributed by atoms with Gasteiger partial charge >= 0.3 is 0 Å². The smallest absolute Gasteiger partial charge is 0.280 e. The molecule has 0 radical (unpaired) electrons. The average molecular weight is 470 g/mol. The fourth-order valence-corrected chi connectivity index (χ4v) is 4.99. The van der Waals surface area contributed by atoms with Gasteiger partial charge in [-0.15, -0.1) is 16.4 Å². The zero-order valence-corrected chi connectivity index (χ0v) is 19.1. The van der Waals surface area contributed by atoms with Gasteiger partial charge in [-0.05, 0) is 36.9 Å². The molecule has 10 heteroatoms. The van der Waals surface area contributed by atoms with Crippen molar-refractivity contribution in [1.29, 1.82) is 0 Å². The Bertz CT molecular complexity index is 1430. The standard InChI is InChI=1S/C23H21F2N5O2S/c1-12-13(2)23(28-30-19(31)9-17(21(24)25)27-22(12)30)29-6-4-16-15(11-29)8-14(10-26-16)20-18(32-3)5-7-33-20/h5,7-10,21H,4,6,11H2,1-3H3. The summed E-state index contributed by atoms with van der Waals surface area (Å²) < 4.78 is 32.9. The van der Waals surface area contributed by atoms with E-state index in [9.17, 15) is 13.6 Å². The lowest BCUT2D eigenvalue weighted by Gasteiger charge is -2.31. The van der Waals surface area contributed by atoms with E-state index >= 15 is 0 Å². The Morgan fingerprint density at radius 1 is 1.21 bits per heavy atom. The maximum absolute atomic E-state index is 13.1. The third-order valence-electron chi connectivity index (χ3n) is 6.02. The van der Waals surface area contributed by atoms with Crippen molar-refractivity contribution in [3.8, 4) is 16.2 Å². The van der Waals surface area contributed by atoms with Gasteiger partial charge in [0.15, 0.2) is 11.5 Å². The Hall–Kier alpha value is -3.40. The van der Waals surface area contributed by atoms with Gasteiger partial charge in [0.2, 0.25) is 0 Å². The number of methoxy groups -OCH3 is 1. The minimum atomic E-state index is -2.82. The summed E-state index contributed by atoms with van der Waals surface area (Å²) in [5.41, 5.74) is 3.55. The van der Waals surface area contributed by atoms with Gasteiger partial charge in [-0.2, -0.15) is 4.52 Å². The molecule has 0 N–H and O–H groups in total. The monoisotopic (exact) mass is 469 g/mol. The summed E-state index contributed by atoms with van der Waals surface area (Å²) >= 11 is 1.60. The molecule has 7 nitrogen and oxygen atoms in total. The van der Waals surface area contributed by atoms with Gasteiger partial charge in [0.1, 0.15) is 11.4 Å². The molecule has 1 aliphatic heterocycles. The van der Waals surface area contributed by atoms with E-state index in [-0.39, 0.29) is 5.65 Å². The molecule has 0 atom stereocenters. The van der Waals surface area contributed by atoms with E-state index in [1.54, 1.807) is 25.4 Å². The first-order valence-corrected chi connectivity index (χ1v) is 11.3. The Balaban J connectivity index is 1.55. The number of hydrogen-bond acceptors (Lipinski definition) is 7. The van der Waals surface area contributed by atoms with Gasteiger partial charge in [-0.1, -0.05) is 0 Å². The minimum absolute atomic E-state index is 0.158. The van der Waals surface area contributed by atoms with E-state index in [0.717, 1.165) is 50.0 Å². The van der Waals surface area contributed by atoms with Crippen LogP contribution in [0.4, 0.5) is 14.6 Å². The molecule has 4 aromatic rings. The molecule has 170 valence electrons. The Morgan fingerprint density at radius 3 is 2.79 bits per heavy atom. The van der Waals surface area contributed by atoms with Crippen LogP contribution in [0.2, 0.25) is 0 Å². The molecule has 0 fully saturated rings. The molecule has 0 saturated carbocycles. The maximum Gasteiger partial charge on any atom is 0.280 e. The highest BCUT2D eigenvalue weighted by Gasteiger charge is 2.24. The molecule has 0 aromatic carbocycles. The van der Waals surface area contributed by atoms with Crippen LogP contribution in [0.15, 0.2) is 34.6 Å². The molecule has 5 heterocycles. The predicted octanol–water partition coefficient (Wildman–Crippen LogP) is 4.34. The summed E-state index contributed by atoms with van der Waals surface area (Å²) in [6, 6.07) is 4.90. The molecule has 0 bridgehead atoms. The quantitative estimate of drug-likeness (QED) is 0.443. The SMILES string of the molecule is COc1ccsc1-c1cnc2c(c1)CN(c1nn3c(=O)cc(C(F)F)nc3c(C)c1C)CC2. The van der Waals surface area contributed by atoms with Gasteiger partial charge in [-0.25, -0.2) is 13.8 Å². The molecule has 1 aliphatic rings. The summed E-state index contributed by atoms with van der Waals surface area (Å²) in [7, 11) is 1.65. The van der Waals surface area contributed by atoms with Crippen LogP contribution < -0.4 is 15.2 Å². The van der Waals surface area contributed by atoms with Gasteiger partial charge in [0, 0.05) is 54.2 Å². The van der Waals surface area contributed by atoms with Crippen LogP contribution in [0, 0.1) is 13.8 Å². The number of alkyl halides is 2. The van der Waals surface area contributed by atoms with Crippen molar-refractivity contribution in [3.05, 3.63) is 68.2 Å². The van der Waals surface area contributed by atoms with Crippen molar-refractivity contribution in [2.24, 2.45) is 0 Å². The summed E-state index contributed by atoms with van der Waals surface area (Å²) in [5.74, 6) is 1.45. The third-order valence-corrected chi connectivity index (χ3v) is 6.96. The fourth-order valence-electron chi connectivity index (χ4n) is 4.15. The van der Waals surface area contributed by atoms with E-state index in [2.05, 4.69) is 26.0 Å². The number of halogens is 2. The molecule has 0 unspecified atom stereocenters. The Kier molecular flexibility index (Phi) is 5.32. The number of aryl methyl sites for hydroxylation is 1. The topological polar surface area (TPSA) is 72.6 Å². The molecule has 0 spiro atoms. The number of aromatic nitrogens is 4. The van der Waals surface area contributed by atoms with E-state index in [0.29, 0.717) is 24.5 Å². The number of rotatable bonds is 4. The average Bonchev–Trinajstić information content (AvgIpc) is 3.29. The highest BCUT2D eigenvalue weighted by atomic mass is 32.1. The molecule has 4 aromatic heterocycles. The summed E-state index contributed by atoms with van der Waals surface area (Å²) in [4.78, 5) is 24.3. The van der Waals surface area contributed by atoms with Gasteiger partial charge in [0.25, 0.3) is 12.0 Å². The Morgan fingerprint density at radius 2 is 2.03 bits per heavy atom. The molecular formula is C23H21F2N5O2S. The second kappa shape index (κ2) is 8.18. The first-order valence-electron chi connectivity index (χ1n) is 10.4. The van der Waals surface area contributed by atoms with E-state index in [1.807, 2.05) is 24.6 Å². The summed E-state index contributed by atoms with van der Waals surface area (Å²) in [6.07, 6.45) is -0.213. The lowest BCUT2D eigenvalue weighted by atomic mass is 10.0. The lowest BCUT2D eigenvalue weighted by molar-refractivity contribution is 0.146. The second-order valence-corrected chi connectivity index (χ2v) is 8.86. The van der Waals surface area contributed by atoms with Crippen LogP contribution in [0.3, 0.4) is 0 Å². The van der Waals surface area contributed by atoms with Gasteiger partial charge in [0.05, 0.1) is 12.0 Å². The fraction of sp³-hybridized carbons (Fsp3) is 0.304. The van der Waals surface area contributed by atoms with Crippen molar-refractivity contribution in [2.45, 2.75) is 33.2 Å². The number of ether oxygens (including phenoxy) is 1. The number of thiophene rings is 1.